The van der Waals surface area contributed by atoms with E-state index in [4.69, 9.17) is 10.2 Å². The molecule has 0 aromatic heterocycles. The fourth-order valence-electron chi connectivity index (χ4n) is 1.85. The fourth-order valence-corrected chi connectivity index (χ4v) is 1.85. The van der Waals surface area contributed by atoms with Gasteiger partial charge in [-0.3, -0.25) is 14.9 Å². The fraction of sp³-hybridized carbons (Fsp3) is 0. The number of benzene rings is 2. The van der Waals surface area contributed by atoms with Gasteiger partial charge in [-0.25, -0.2) is 4.79 Å². The Bertz CT molecular complexity index is 722. The molecule has 2 rings (SSSR count). The summed E-state index contributed by atoms with van der Waals surface area (Å²) in [5.74, 6) is -2.38. The van der Waals surface area contributed by atoms with Crippen LogP contribution in [0.1, 0.15) is 20.7 Å². The van der Waals surface area contributed by atoms with Crippen LogP contribution in [0, 0.1) is 10.1 Å². The summed E-state index contributed by atoms with van der Waals surface area (Å²) in [6, 6.07) is 8.74. The number of carbonyl (C=O) groups is 2. The van der Waals surface area contributed by atoms with Crippen molar-refractivity contribution in [3.05, 3.63) is 63.7 Å². The van der Waals surface area contributed by atoms with Crippen molar-refractivity contribution in [1.82, 2.24) is 0 Å². The lowest BCUT2D eigenvalue weighted by Crippen LogP contribution is -2.18. The standard InChI is InChI=1S/C14H10N2O6/c17-9-6-4-8(5-7-9)15-13(18)12-10(14(19)20)2-1-3-11(12)16(21)22/h1-7,17H,(H,15,18)(H,19,20). The second-order valence-corrected chi connectivity index (χ2v) is 4.26. The molecule has 3 N–H and O–H groups in total. The van der Waals surface area contributed by atoms with Crippen molar-refractivity contribution in [3.63, 3.8) is 0 Å². The van der Waals surface area contributed by atoms with Gasteiger partial charge in [-0.05, 0) is 30.3 Å². The van der Waals surface area contributed by atoms with Crippen LogP contribution in [0.3, 0.4) is 0 Å². The van der Waals surface area contributed by atoms with Gasteiger partial charge in [0.1, 0.15) is 11.3 Å². The molecule has 0 spiro atoms. The first kappa shape index (κ1) is 15.0. The topological polar surface area (TPSA) is 130 Å². The monoisotopic (exact) mass is 302 g/mol. The lowest BCUT2D eigenvalue weighted by Gasteiger charge is -2.08. The van der Waals surface area contributed by atoms with E-state index in [0.29, 0.717) is 0 Å². The van der Waals surface area contributed by atoms with E-state index in [1.807, 2.05) is 0 Å². The Kier molecular flexibility index (Phi) is 4.03. The van der Waals surface area contributed by atoms with E-state index < -0.39 is 33.6 Å². The summed E-state index contributed by atoms with van der Waals surface area (Å²) >= 11 is 0. The molecule has 112 valence electrons. The molecule has 2 aromatic carbocycles. The van der Waals surface area contributed by atoms with Gasteiger partial charge in [-0.15, -0.1) is 0 Å². The Hall–Kier alpha value is -3.42. The maximum absolute atomic E-state index is 12.2. The number of nitro benzene ring substituents is 1. The Morgan fingerprint density at radius 3 is 2.27 bits per heavy atom. The highest BCUT2D eigenvalue weighted by Crippen LogP contribution is 2.24. The van der Waals surface area contributed by atoms with Crippen molar-refractivity contribution in [2.24, 2.45) is 0 Å². The molecular formula is C14H10N2O6. The summed E-state index contributed by atoms with van der Waals surface area (Å²) in [6.07, 6.45) is 0. The number of anilines is 1. The third-order valence-corrected chi connectivity index (χ3v) is 2.82. The molecule has 0 aliphatic heterocycles. The van der Waals surface area contributed by atoms with Crippen LogP contribution in [-0.4, -0.2) is 27.0 Å². The van der Waals surface area contributed by atoms with Crippen molar-refractivity contribution in [1.29, 1.82) is 0 Å². The molecule has 0 atom stereocenters. The number of hydrogen-bond acceptors (Lipinski definition) is 5. The largest absolute Gasteiger partial charge is 0.508 e. The Balaban J connectivity index is 2.45. The highest BCUT2D eigenvalue weighted by atomic mass is 16.6. The SMILES string of the molecule is O=C(O)c1cccc([N+](=O)[O-])c1C(=O)Nc1ccc(O)cc1. The number of aromatic hydroxyl groups is 1. The van der Waals surface area contributed by atoms with Crippen LogP contribution in [0.4, 0.5) is 11.4 Å². The number of aromatic carboxylic acids is 1. The molecule has 0 aliphatic rings. The van der Waals surface area contributed by atoms with Gasteiger partial charge >= 0.3 is 5.97 Å². The number of phenolic OH excluding ortho intramolecular Hbond substituents is 1. The van der Waals surface area contributed by atoms with E-state index >= 15 is 0 Å². The number of nitrogens with zero attached hydrogens (tertiary/aromatic N) is 1. The van der Waals surface area contributed by atoms with Crippen molar-refractivity contribution in [2.45, 2.75) is 0 Å². The molecule has 0 unspecified atom stereocenters. The minimum Gasteiger partial charge on any atom is -0.508 e. The van der Waals surface area contributed by atoms with Gasteiger partial charge in [0, 0.05) is 11.8 Å². The van der Waals surface area contributed by atoms with Crippen LogP contribution in [0.15, 0.2) is 42.5 Å². The molecule has 8 nitrogen and oxygen atoms in total. The molecule has 0 fully saturated rings. The van der Waals surface area contributed by atoms with Crippen molar-refractivity contribution < 1.29 is 24.7 Å². The van der Waals surface area contributed by atoms with Crippen molar-refractivity contribution >= 4 is 23.3 Å². The highest BCUT2D eigenvalue weighted by molar-refractivity contribution is 6.13. The van der Waals surface area contributed by atoms with Gasteiger partial charge in [0.15, 0.2) is 0 Å². The zero-order valence-electron chi connectivity index (χ0n) is 11.0. The van der Waals surface area contributed by atoms with Crippen LogP contribution < -0.4 is 5.32 Å². The number of carbonyl (C=O) groups excluding carboxylic acids is 1. The first-order chi connectivity index (χ1) is 10.4. The molecule has 1 amide bonds. The third-order valence-electron chi connectivity index (χ3n) is 2.82. The number of hydrogen-bond donors (Lipinski definition) is 3. The third kappa shape index (κ3) is 3.01. The zero-order valence-corrected chi connectivity index (χ0v) is 11.0. The van der Waals surface area contributed by atoms with E-state index in [1.54, 1.807) is 0 Å². The maximum atomic E-state index is 12.2. The van der Waals surface area contributed by atoms with Gasteiger partial charge in [0.25, 0.3) is 11.6 Å². The second kappa shape index (κ2) is 5.92. The first-order valence-corrected chi connectivity index (χ1v) is 6.01. The molecule has 2 aromatic rings. The summed E-state index contributed by atoms with van der Waals surface area (Å²) in [5.41, 5.74) is -1.34. The molecule has 0 saturated carbocycles. The average Bonchev–Trinajstić information content (AvgIpc) is 2.48. The number of amides is 1. The van der Waals surface area contributed by atoms with E-state index in [0.717, 1.165) is 12.1 Å². The highest BCUT2D eigenvalue weighted by Gasteiger charge is 2.27. The quantitative estimate of drug-likeness (QED) is 0.451. The molecule has 0 heterocycles. The van der Waals surface area contributed by atoms with E-state index in [2.05, 4.69) is 5.32 Å². The summed E-state index contributed by atoms with van der Waals surface area (Å²) < 4.78 is 0. The van der Waals surface area contributed by atoms with Crippen LogP contribution in [0.2, 0.25) is 0 Å². The smallest absolute Gasteiger partial charge is 0.336 e. The van der Waals surface area contributed by atoms with Gasteiger partial charge in [0.05, 0.1) is 10.5 Å². The van der Waals surface area contributed by atoms with Gasteiger partial charge in [-0.1, -0.05) is 6.07 Å². The number of rotatable bonds is 4. The predicted molar refractivity (Wildman–Crippen MR) is 76.1 cm³/mol. The molecule has 8 heteroatoms. The summed E-state index contributed by atoms with van der Waals surface area (Å²) in [4.78, 5) is 33.5. The van der Waals surface area contributed by atoms with Crippen LogP contribution in [0.25, 0.3) is 0 Å². The molecule has 0 saturated heterocycles. The first-order valence-electron chi connectivity index (χ1n) is 6.01. The summed E-state index contributed by atoms with van der Waals surface area (Å²) in [6.45, 7) is 0. The van der Waals surface area contributed by atoms with Crippen molar-refractivity contribution in [2.75, 3.05) is 5.32 Å². The maximum Gasteiger partial charge on any atom is 0.336 e. The zero-order chi connectivity index (χ0) is 16.3. The number of carboxylic acid groups (broad SMARTS) is 1. The molecule has 0 aliphatic carbocycles. The average molecular weight is 302 g/mol. The van der Waals surface area contributed by atoms with Crippen LogP contribution in [0.5, 0.6) is 5.75 Å². The van der Waals surface area contributed by atoms with Crippen molar-refractivity contribution in [3.8, 4) is 5.75 Å². The Morgan fingerprint density at radius 2 is 1.73 bits per heavy atom. The minimum atomic E-state index is -1.44. The van der Waals surface area contributed by atoms with Crippen LogP contribution in [-0.2, 0) is 0 Å². The normalized spacial score (nSPS) is 10.0. The summed E-state index contributed by atoms with van der Waals surface area (Å²) in [7, 11) is 0. The number of carboxylic acids is 1. The number of phenols is 1. The van der Waals surface area contributed by atoms with Gasteiger partial charge in [0.2, 0.25) is 0 Å². The van der Waals surface area contributed by atoms with Crippen LogP contribution >= 0.6 is 0 Å². The van der Waals surface area contributed by atoms with E-state index in [-0.39, 0.29) is 11.4 Å². The van der Waals surface area contributed by atoms with Gasteiger partial charge in [-0.2, -0.15) is 0 Å². The minimum absolute atomic E-state index is 0.0186. The Labute approximate surface area is 123 Å². The summed E-state index contributed by atoms with van der Waals surface area (Å²) in [5, 5.41) is 31.6. The lowest BCUT2D eigenvalue weighted by molar-refractivity contribution is -0.385. The second-order valence-electron chi connectivity index (χ2n) is 4.26. The van der Waals surface area contributed by atoms with E-state index in [9.17, 15) is 19.7 Å². The Morgan fingerprint density at radius 1 is 1.09 bits per heavy atom. The van der Waals surface area contributed by atoms with Gasteiger partial charge < -0.3 is 15.5 Å². The molecule has 22 heavy (non-hydrogen) atoms. The molecule has 0 bridgehead atoms. The number of nitro groups is 1. The predicted octanol–water partition coefficient (Wildman–Crippen LogP) is 2.25. The number of nitrogens with one attached hydrogen (secondary N) is 1. The molecule has 0 radical (unpaired) electrons. The molecular weight excluding hydrogens is 292 g/mol. The van der Waals surface area contributed by atoms with E-state index in [1.165, 1.54) is 30.3 Å². The lowest BCUT2D eigenvalue weighted by atomic mass is 10.0.